The maximum Gasteiger partial charge on any atom is 0.244 e. The predicted molar refractivity (Wildman–Crippen MR) is 114 cm³/mol. The van der Waals surface area contributed by atoms with Crippen LogP contribution in [-0.4, -0.2) is 26.6 Å². The number of anilines is 1. The Balaban J connectivity index is 1.89. The number of sulfonamides is 1. The summed E-state index contributed by atoms with van der Waals surface area (Å²) in [7, 11) is -3.77. The fourth-order valence-electron chi connectivity index (χ4n) is 3.63. The van der Waals surface area contributed by atoms with E-state index in [0.717, 1.165) is 35.4 Å². The third-order valence-electron chi connectivity index (χ3n) is 4.92. The van der Waals surface area contributed by atoms with Crippen LogP contribution in [0.2, 0.25) is 10.0 Å². The lowest BCUT2D eigenvalue weighted by atomic mass is 9.87. The van der Waals surface area contributed by atoms with Crippen molar-refractivity contribution in [1.82, 2.24) is 5.32 Å². The molecule has 0 saturated carbocycles. The van der Waals surface area contributed by atoms with E-state index in [0.29, 0.717) is 5.02 Å². The zero-order valence-electron chi connectivity index (χ0n) is 15.7. The van der Waals surface area contributed by atoms with Gasteiger partial charge in [-0.25, -0.2) is 8.42 Å². The molecule has 0 spiro atoms. The Morgan fingerprint density at radius 2 is 1.93 bits per heavy atom. The van der Waals surface area contributed by atoms with Gasteiger partial charge >= 0.3 is 0 Å². The minimum absolute atomic E-state index is 0.142. The number of benzene rings is 2. The quantitative estimate of drug-likeness (QED) is 0.751. The molecule has 8 heteroatoms. The number of hydrogen-bond donors (Lipinski definition) is 1. The molecule has 0 aromatic heterocycles. The fraction of sp³-hybridized carbons (Fsp3) is 0.350. The third-order valence-corrected chi connectivity index (χ3v) is 6.70. The van der Waals surface area contributed by atoms with Crippen LogP contribution in [0, 0.1) is 0 Å². The molecule has 28 heavy (non-hydrogen) atoms. The van der Waals surface area contributed by atoms with Crippen LogP contribution in [-0.2, 0) is 21.2 Å². The van der Waals surface area contributed by atoms with Gasteiger partial charge in [0.1, 0.15) is 6.04 Å². The van der Waals surface area contributed by atoms with Gasteiger partial charge in [-0.3, -0.25) is 9.10 Å². The second kappa shape index (κ2) is 8.31. The number of carbonyl (C=O) groups excluding carboxylic acids is 1. The van der Waals surface area contributed by atoms with Crippen molar-refractivity contribution in [2.24, 2.45) is 0 Å². The largest absolute Gasteiger partial charge is 0.347 e. The molecule has 0 fully saturated rings. The van der Waals surface area contributed by atoms with Gasteiger partial charge in [0, 0.05) is 5.02 Å². The monoisotopic (exact) mass is 440 g/mol. The number of rotatable bonds is 5. The Labute approximate surface area is 175 Å². The SMILES string of the molecule is CC(C(=O)NC1CCCc2ccccc21)N(c1cc(Cl)ccc1Cl)S(C)(=O)=O. The predicted octanol–water partition coefficient (Wildman–Crippen LogP) is 4.34. The summed E-state index contributed by atoms with van der Waals surface area (Å²) in [6.45, 7) is 1.54. The first-order valence-corrected chi connectivity index (χ1v) is 11.6. The Hall–Kier alpha value is -1.76. The van der Waals surface area contributed by atoms with E-state index in [1.54, 1.807) is 13.0 Å². The van der Waals surface area contributed by atoms with Crippen LogP contribution in [0.15, 0.2) is 42.5 Å². The summed E-state index contributed by atoms with van der Waals surface area (Å²) in [6.07, 6.45) is 3.80. The van der Waals surface area contributed by atoms with Crippen LogP contribution < -0.4 is 9.62 Å². The first-order chi connectivity index (χ1) is 13.2. The summed E-state index contributed by atoms with van der Waals surface area (Å²) in [5.41, 5.74) is 2.48. The summed E-state index contributed by atoms with van der Waals surface area (Å²) in [6, 6.07) is 11.4. The molecule has 5 nitrogen and oxygen atoms in total. The van der Waals surface area contributed by atoms with Crippen molar-refractivity contribution in [2.75, 3.05) is 10.6 Å². The number of carbonyl (C=O) groups is 1. The summed E-state index contributed by atoms with van der Waals surface area (Å²) >= 11 is 12.2. The molecule has 1 aliphatic carbocycles. The first kappa shape index (κ1) is 21.0. The van der Waals surface area contributed by atoms with Crippen molar-refractivity contribution in [3.05, 3.63) is 63.6 Å². The van der Waals surface area contributed by atoms with Crippen molar-refractivity contribution < 1.29 is 13.2 Å². The van der Waals surface area contributed by atoms with Gasteiger partial charge in [-0.2, -0.15) is 0 Å². The van der Waals surface area contributed by atoms with E-state index in [-0.39, 0.29) is 22.7 Å². The summed E-state index contributed by atoms with van der Waals surface area (Å²) in [5, 5.41) is 3.55. The highest BCUT2D eigenvalue weighted by Crippen LogP contribution is 2.33. The molecule has 2 aromatic rings. The number of halogens is 2. The molecule has 0 aliphatic heterocycles. The molecule has 1 N–H and O–H groups in total. The van der Waals surface area contributed by atoms with Crippen LogP contribution in [0.3, 0.4) is 0 Å². The van der Waals surface area contributed by atoms with E-state index in [1.807, 2.05) is 18.2 Å². The van der Waals surface area contributed by atoms with Crippen LogP contribution in [0.5, 0.6) is 0 Å². The van der Waals surface area contributed by atoms with Crippen molar-refractivity contribution in [2.45, 2.75) is 38.3 Å². The molecule has 150 valence electrons. The van der Waals surface area contributed by atoms with Crippen LogP contribution in [0.25, 0.3) is 0 Å². The number of nitrogens with zero attached hydrogens (tertiary/aromatic N) is 1. The lowest BCUT2D eigenvalue weighted by Crippen LogP contribution is -2.49. The Kier molecular flexibility index (Phi) is 6.22. The highest BCUT2D eigenvalue weighted by molar-refractivity contribution is 7.92. The molecule has 0 heterocycles. The lowest BCUT2D eigenvalue weighted by Gasteiger charge is -2.32. The number of hydrogen-bond acceptors (Lipinski definition) is 3. The van der Waals surface area contributed by atoms with E-state index in [4.69, 9.17) is 23.2 Å². The van der Waals surface area contributed by atoms with Crippen molar-refractivity contribution >= 4 is 44.8 Å². The highest BCUT2D eigenvalue weighted by Gasteiger charge is 2.32. The van der Waals surface area contributed by atoms with Crippen LogP contribution >= 0.6 is 23.2 Å². The summed E-state index contributed by atoms with van der Waals surface area (Å²) in [4.78, 5) is 13.0. The molecule has 1 aliphatic rings. The van der Waals surface area contributed by atoms with Gasteiger partial charge in [0.15, 0.2) is 0 Å². The maximum absolute atomic E-state index is 13.0. The smallest absolute Gasteiger partial charge is 0.244 e. The molecule has 0 saturated heterocycles. The molecule has 0 radical (unpaired) electrons. The standard InChI is InChI=1S/C20H22Cl2N2O3S/c1-13(24(28(2,26)27)19-12-15(21)10-11-17(19)22)20(25)23-18-9-5-7-14-6-3-4-8-16(14)18/h3-4,6,8,10-13,18H,5,7,9H2,1-2H3,(H,23,25). The van der Waals surface area contributed by atoms with Crippen molar-refractivity contribution in [3.8, 4) is 0 Å². The van der Waals surface area contributed by atoms with Crippen molar-refractivity contribution in [3.63, 3.8) is 0 Å². The fourth-order valence-corrected chi connectivity index (χ4v) is 5.24. The van der Waals surface area contributed by atoms with E-state index in [9.17, 15) is 13.2 Å². The molecule has 2 unspecified atom stereocenters. The number of aryl methyl sites for hydroxylation is 1. The Morgan fingerprint density at radius 3 is 2.64 bits per heavy atom. The van der Waals surface area contributed by atoms with Gasteiger partial charge in [-0.1, -0.05) is 47.5 Å². The first-order valence-electron chi connectivity index (χ1n) is 9.01. The van der Waals surface area contributed by atoms with Gasteiger partial charge in [0.05, 0.1) is 23.0 Å². The zero-order valence-corrected chi connectivity index (χ0v) is 18.0. The van der Waals surface area contributed by atoms with Gasteiger partial charge in [0.25, 0.3) is 0 Å². The second-order valence-electron chi connectivity index (χ2n) is 6.98. The number of amides is 1. The molecule has 2 aromatic carbocycles. The van der Waals surface area contributed by atoms with Crippen LogP contribution in [0.4, 0.5) is 5.69 Å². The summed E-state index contributed by atoms with van der Waals surface area (Å²) < 4.78 is 26.0. The van der Waals surface area contributed by atoms with Gasteiger partial charge in [0.2, 0.25) is 15.9 Å². The van der Waals surface area contributed by atoms with E-state index < -0.39 is 16.1 Å². The second-order valence-corrected chi connectivity index (χ2v) is 9.69. The topological polar surface area (TPSA) is 66.5 Å². The average molecular weight is 441 g/mol. The summed E-state index contributed by atoms with van der Waals surface area (Å²) in [5.74, 6) is -0.386. The number of nitrogens with one attached hydrogen (secondary N) is 1. The van der Waals surface area contributed by atoms with E-state index in [1.165, 1.54) is 17.7 Å². The molecular formula is C20H22Cl2N2O3S. The van der Waals surface area contributed by atoms with Crippen LogP contribution in [0.1, 0.15) is 36.9 Å². The van der Waals surface area contributed by atoms with Gasteiger partial charge < -0.3 is 5.32 Å². The normalized spacial score (nSPS) is 17.5. The third kappa shape index (κ3) is 4.45. The minimum Gasteiger partial charge on any atom is -0.347 e. The van der Waals surface area contributed by atoms with Gasteiger partial charge in [-0.15, -0.1) is 0 Å². The Morgan fingerprint density at radius 1 is 1.21 bits per heavy atom. The molecule has 0 bridgehead atoms. The molecule has 1 amide bonds. The zero-order chi connectivity index (χ0) is 20.5. The van der Waals surface area contributed by atoms with E-state index >= 15 is 0 Å². The van der Waals surface area contributed by atoms with Gasteiger partial charge in [-0.05, 0) is 55.5 Å². The highest BCUT2D eigenvalue weighted by atomic mass is 35.5. The molecular weight excluding hydrogens is 419 g/mol. The lowest BCUT2D eigenvalue weighted by molar-refractivity contribution is -0.122. The minimum atomic E-state index is -3.77. The number of fused-ring (bicyclic) bond motifs is 1. The van der Waals surface area contributed by atoms with Crippen molar-refractivity contribution in [1.29, 1.82) is 0 Å². The Bertz CT molecular complexity index is 995. The molecule has 3 rings (SSSR count). The average Bonchev–Trinajstić information content (AvgIpc) is 2.64. The molecule has 2 atom stereocenters. The maximum atomic E-state index is 13.0. The van der Waals surface area contributed by atoms with E-state index in [2.05, 4.69) is 11.4 Å².